The Balaban J connectivity index is 3.36. The molecule has 0 saturated heterocycles. The fraction of sp³-hybridized carbons (Fsp3) is 0.250. The van der Waals surface area contributed by atoms with Crippen LogP contribution in [0.4, 0.5) is 22.0 Å². The number of hydrogen-bond acceptors (Lipinski definition) is 2. The van der Waals surface area contributed by atoms with Crippen molar-refractivity contribution in [2.45, 2.75) is 12.6 Å². The smallest absolute Gasteiger partial charge is 0.274 e. The van der Waals surface area contributed by atoms with Crippen LogP contribution in [0, 0.1) is 0 Å². The van der Waals surface area contributed by atoms with Gasteiger partial charge in [0.2, 0.25) is 0 Å². The first-order valence-corrected chi connectivity index (χ1v) is 4.17. The number of nitrogens with zero attached hydrogens (tertiary/aromatic N) is 1. The highest BCUT2D eigenvalue weighted by molar-refractivity contribution is 6.67. The van der Waals surface area contributed by atoms with Crippen molar-refractivity contribution < 1.29 is 26.7 Å². The molecule has 2 nitrogen and oxygen atoms in total. The Morgan fingerprint density at radius 2 is 1.88 bits per heavy atom. The summed E-state index contributed by atoms with van der Waals surface area (Å²) in [5, 5.41) is -1.33. The molecule has 0 aliphatic carbocycles. The minimum absolute atomic E-state index is 0.175. The molecular formula is C8H3ClF5NO. The molecule has 1 rings (SSSR count). The van der Waals surface area contributed by atoms with Crippen LogP contribution in [0.1, 0.15) is 28.2 Å². The summed E-state index contributed by atoms with van der Waals surface area (Å²) in [4.78, 5) is 13.6. The van der Waals surface area contributed by atoms with Gasteiger partial charge in [-0.05, 0) is 23.7 Å². The number of hydrogen-bond donors (Lipinski definition) is 0. The van der Waals surface area contributed by atoms with Crippen molar-refractivity contribution >= 4 is 16.8 Å². The molecule has 0 unspecified atom stereocenters. The van der Waals surface area contributed by atoms with Crippen LogP contribution < -0.4 is 0 Å². The SMILES string of the molecule is O=C(Cl)c1cc(C(F)(F)F)cc(C(F)F)n1. The molecule has 0 aliphatic heterocycles. The van der Waals surface area contributed by atoms with Gasteiger partial charge in [-0.25, -0.2) is 13.8 Å². The first-order valence-electron chi connectivity index (χ1n) is 3.79. The fourth-order valence-corrected chi connectivity index (χ4v) is 1.02. The third-order valence-electron chi connectivity index (χ3n) is 1.60. The van der Waals surface area contributed by atoms with E-state index in [1.165, 1.54) is 0 Å². The molecule has 0 amide bonds. The highest BCUT2D eigenvalue weighted by atomic mass is 35.5. The van der Waals surface area contributed by atoms with Gasteiger partial charge in [-0.1, -0.05) is 0 Å². The average molecular weight is 260 g/mol. The van der Waals surface area contributed by atoms with Crippen LogP contribution in [0.3, 0.4) is 0 Å². The molecule has 0 aromatic carbocycles. The summed E-state index contributed by atoms with van der Waals surface area (Å²) in [5.74, 6) is 0. The average Bonchev–Trinajstić information content (AvgIpc) is 2.15. The number of halogens is 6. The second kappa shape index (κ2) is 4.32. The van der Waals surface area contributed by atoms with Crippen molar-refractivity contribution in [1.29, 1.82) is 0 Å². The molecule has 8 heteroatoms. The number of pyridine rings is 1. The highest BCUT2D eigenvalue weighted by Crippen LogP contribution is 2.32. The lowest BCUT2D eigenvalue weighted by molar-refractivity contribution is -0.137. The number of carbonyl (C=O) groups is 1. The van der Waals surface area contributed by atoms with E-state index in [1.54, 1.807) is 0 Å². The molecule has 1 aromatic rings. The topological polar surface area (TPSA) is 30.0 Å². The molecule has 0 atom stereocenters. The van der Waals surface area contributed by atoms with Crippen molar-refractivity contribution in [3.8, 4) is 0 Å². The van der Waals surface area contributed by atoms with E-state index in [2.05, 4.69) is 4.98 Å². The third kappa shape index (κ3) is 2.88. The van der Waals surface area contributed by atoms with Crippen LogP contribution in [0.2, 0.25) is 0 Å². The van der Waals surface area contributed by atoms with E-state index in [0.29, 0.717) is 6.07 Å². The molecule has 88 valence electrons. The van der Waals surface area contributed by atoms with Crippen LogP contribution in [-0.4, -0.2) is 10.2 Å². The zero-order valence-electron chi connectivity index (χ0n) is 7.36. The van der Waals surface area contributed by atoms with Crippen molar-refractivity contribution in [1.82, 2.24) is 4.98 Å². The van der Waals surface area contributed by atoms with E-state index in [4.69, 9.17) is 11.6 Å². The lowest BCUT2D eigenvalue weighted by Gasteiger charge is -2.09. The number of aromatic nitrogens is 1. The van der Waals surface area contributed by atoms with E-state index >= 15 is 0 Å². The predicted molar refractivity (Wildman–Crippen MR) is 44.4 cm³/mol. The van der Waals surface area contributed by atoms with E-state index < -0.39 is 34.8 Å². The Bertz CT molecular complexity index is 417. The van der Waals surface area contributed by atoms with Crippen molar-refractivity contribution in [2.24, 2.45) is 0 Å². The highest BCUT2D eigenvalue weighted by Gasteiger charge is 2.33. The molecule has 0 bridgehead atoms. The number of alkyl halides is 5. The Labute approximate surface area is 91.0 Å². The molecule has 0 aliphatic rings. The first-order chi connectivity index (χ1) is 7.21. The fourth-order valence-electron chi connectivity index (χ4n) is 0.928. The number of rotatable bonds is 2. The third-order valence-corrected chi connectivity index (χ3v) is 1.79. The van der Waals surface area contributed by atoms with Crippen LogP contribution >= 0.6 is 11.6 Å². The minimum Gasteiger partial charge on any atom is -0.274 e. The molecule has 1 aromatic heterocycles. The Morgan fingerprint density at radius 1 is 1.31 bits per heavy atom. The van der Waals surface area contributed by atoms with Crippen LogP contribution in [0.5, 0.6) is 0 Å². The molecule has 0 saturated carbocycles. The summed E-state index contributed by atoms with van der Waals surface area (Å²) >= 11 is 4.89. The van der Waals surface area contributed by atoms with Crippen molar-refractivity contribution in [2.75, 3.05) is 0 Å². The maximum Gasteiger partial charge on any atom is 0.416 e. The molecule has 1 heterocycles. The van der Waals surface area contributed by atoms with Gasteiger partial charge in [0.1, 0.15) is 11.4 Å². The molecule has 0 radical (unpaired) electrons. The van der Waals surface area contributed by atoms with Gasteiger partial charge < -0.3 is 0 Å². The lowest BCUT2D eigenvalue weighted by atomic mass is 10.2. The van der Waals surface area contributed by atoms with Gasteiger partial charge in [0.25, 0.3) is 11.7 Å². The molecule has 0 spiro atoms. The summed E-state index contributed by atoms with van der Waals surface area (Å²) in [7, 11) is 0. The zero-order valence-corrected chi connectivity index (χ0v) is 8.11. The van der Waals surface area contributed by atoms with Gasteiger partial charge in [-0.3, -0.25) is 4.79 Å². The van der Waals surface area contributed by atoms with Gasteiger partial charge in [0, 0.05) is 0 Å². The summed E-state index contributed by atoms with van der Waals surface area (Å²) in [5.41, 5.74) is -3.38. The Kier molecular flexibility index (Phi) is 3.47. The van der Waals surface area contributed by atoms with E-state index in [-0.39, 0.29) is 6.07 Å². The van der Waals surface area contributed by atoms with Crippen LogP contribution in [0.25, 0.3) is 0 Å². The summed E-state index contributed by atoms with van der Waals surface area (Å²) in [6.45, 7) is 0. The maximum absolute atomic E-state index is 12.2. The molecule has 0 fully saturated rings. The Morgan fingerprint density at radius 3 is 2.25 bits per heavy atom. The van der Waals surface area contributed by atoms with E-state index in [9.17, 15) is 26.7 Å². The summed E-state index contributed by atoms with van der Waals surface area (Å²) in [6.07, 6.45) is -8.05. The predicted octanol–water partition coefficient (Wildman–Crippen LogP) is 3.42. The largest absolute Gasteiger partial charge is 0.416 e. The monoisotopic (exact) mass is 259 g/mol. The quantitative estimate of drug-likeness (QED) is 0.602. The van der Waals surface area contributed by atoms with Gasteiger partial charge >= 0.3 is 6.18 Å². The minimum atomic E-state index is -4.84. The van der Waals surface area contributed by atoms with E-state index in [0.717, 1.165) is 0 Å². The van der Waals surface area contributed by atoms with Gasteiger partial charge in [-0.15, -0.1) is 0 Å². The van der Waals surface area contributed by atoms with Crippen molar-refractivity contribution in [3.63, 3.8) is 0 Å². The summed E-state index contributed by atoms with van der Waals surface area (Å²) in [6, 6.07) is 0.495. The molecule has 16 heavy (non-hydrogen) atoms. The van der Waals surface area contributed by atoms with Crippen LogP contribution in [-0.2, 0) is 6.18 Å². The van der Waals surface area contributed by atoms with Crippen LogP contribution in [0.15, 0.2) is 12.1 Å². The second-order valence-corrected chi connectivity index (χ2v) is 3.08. The lowest BCUT2D eigenvalue weighted by Crippen LogP contribution is -2.10. The van der Waals surface area contributed by atoms with Crippen molar-refractivity contribution in [3.05, 3.63) is 29.1 Å². The standard InChI is InChI=1S/C8H3ClF5NO/c9-6(16)4-1-3(8(12,13)14)2-5(15-4)7(10)11/h1-2,7H. The first kappa shape index (κ1) is 12.8. The zero-order chi connectivity index (χ0) is 12.5. The molecular weight excluding hydrogens is 257 g/mol. The second-order valence-electron chi connectivity index (χ2n) is 2.74. The normalized spacial score (nSPS) is 11.9. The van der Waals surface area contributed by atoms with Gasteiger partial charge in [0.15, 0.2) is 0 Å². The number of carbonyl (C=O) groups excluding carboxylic acids is 1. The molecule has 0 N–H and O–H groups in total. The van der Waals surface area contributed by atoms with Gasteiger partial charge in [0.05, 0.1) is 5.56 Å². The van der Waals surface area contributed by atoms with Gasteiger partial charge in [-0.2, -0.15) is 13.2 Å². The maximum atomic E-state index is 12.2. The summed E-state index contributed by atoms with van der Waals surface area (Å²) < 4.78 is 61.1. The Hall–Kier alpha value is -1.24. The van der Waals surface area contributed by atoms with E-state index in [1.807, 2.05) is 0 Å².